The van der Waals surface area contributed by atoms with E-state index >= 15 is 0 Å². The van der Waals surface area contributed by atoms with Crippen LogP contribution in [0.3, 0.4) is 0 Å². The van der Waals surface area contributed by atoms with Gasteiger partial charge in [-0.2, -0.15) is 4.98 Å². The van der Waals surface area contributed by atoms with Gasteiger partial charge in [-0.3, -0.25) is 0 Å². The van der Waals surface area contributed by atoms with E-state index in [1.54, 1.807) is 6.92 Å². The van der Waals surface area contributed by atoms with Gasteiger partial charge in [-0.1, -0.05) is 16.8 Å². The van der Waals surface area contributed by atoms with Crippen molar-refractivity contribution in [1.82, 2.24) is 10.1 Å². The van der Waals surface area contributed by atoms with Crippen molar-refractivity contribution in [3.63, 3.8) is 0 Å². The molecular weight excluding hydrogens is 276 g/mol. The number of aromatic nitrogens is 2. The summed E-state index contributed by atoms with van der Waals surface area (Å²) in [5, 5.41) is 3.18. The van der Waals surface area contributed by atoms with Crippen LogP contribution in [-0.4, -0.2) is 18.6 Å². The molecule has 0 bridgehead atoms. The van der Waals surface area contributed by atoms with Gasteiger partial charge in [0.2, 0.25) is 5.89 Å². The van der Waals surface area contributed by atoms with E-state index in [2.05, 4.69) is 10.1 Å². The number of halogens is 1. The van der Waals surface area contributed by atoms with Crippen LogP contribution in [0.1, 0.15) is 23.9 Å². The van der Waals surface area contributed by atoms with Crippen LogP contribution in [0.4, 0.5) is 0 Å². The minimum absolute atomic E-state index is 0.0856. The van der Waals surface area contributed by atoms with E-state index in [1.807, 2.05) is 0 Å². The first kappa shape index (κ1) is 13.0. The van der Waals surface area contributed by atoms with Gasteiger partial charge in [0.1, 0.15) is 5.25 Å². The molecule has 0 fully saturated rings. The molecule has 2 aromatic rings. The van der Waals surface area contributed by atoms with E-state index in [1.165, 1.54) is 31.2 Å². The van der Waals surface area contributed by atoms with Crippen LogP contribution in [-0.2, 0) is 9.84 Å². The highest BCUT2D eigenvalue weighted by atomic mass is 35.5. The van der Waals surface area contributed by atoms with Crippen LogP contribution in [0, 0.1) is 6.92 Å². The number of nitrogens with zero attached hydrogens (tertiary/aromatic N) is 2. The Balaban J connectivity index is 2.39. The average Bonchev–Trinajstić information content (AvgIpc) is 2.75. The van der Waals surface area contributed by atoms with Crippen LogP contribution in [0.15, 0.2) is 33.7 Å². The number of hydrogen-bond acceptors (Lipinski definition) is 5. The van der Waals surface area contributed by atoms with Crippen molar-refractivity contribution in [2.24, 2.45) is 0 Å². The summed E-state index contributed by atoms with van der Waals surface area (Å²) in [6.07, 6.45) is 0. The fourth-order valence-corrected chi connectivity index (χ4v) is 2.85. The maximum Gasteiger partial charge on any atom is 0.245 e. The Kier molecular flexibility index (Phi) is 3.41. The molecular formula is C11H11ClN2O3S. The van der Waals surface area contributed by atoms with Crippen molar-refractivity contribution >= 4 is 21.4 Å². The molecule has 0 N–H and O–H groups in total. The first-order valence-electron chi connectivity index (χ1n) is 5.21. The van der Waals surface area contributed by atoms with E-state index < -0.39 is 15.1 Å². The number of rotatable bonds is 3. The molecule has 0 aliphatic carbocycles. The average molecular weight is 287 g/mol. The summed E-state index contributed by atoms with van der Waals surface area (Å²) in [5.74, 6) is 0.491. The zero-order valence-electron chi connectivity index (χ0n) is 9.79. The Morgan fingerprint density at radius 1 is 1.28 bits per heavy atom. The molecule has 0 saturated carbocycles. The van der Waals surface area contributed by atoms with E-state index in [9.17, 15) is 8.42 Å². The lowest BCUT2D eigenvalue weighted by Gasteiger charge is -2.08. The predicted molar refractivity (Wildman–Crippen MR) is 66.1 cm³/mol. The molecule has 1 atom stereocenters. The number of benzene rings is 1. The lowest BCUT2D eigenvalue weighted by atomic mass is 10.4. The summed E-state index contributed by atoms with van der Waals surface area (Å²) >= 11 is 5.73. The predicted octanol–water partition coefficient (Wildman–Crippen LogP) is 2.57. The molecule has 0 radical (unpaired) electrons. The van der Waals surface area contributed by atoms with Gasteiger partial charge in [-0.25, -0.2) is 8.42 Å². The van der Waals surface area contributed by atoms with Gasteiger partial charge in [0.25, 0.3) is 0 Å². The summed E-state index contributed by atoms with van der Waals surface area (Å²) in [6.45, 7) is 3.14. The summed E-state index contributed by atoms with van der Waals surface area (Å²) in [7, 11) is -3.55. The van der Waals surface area contributed by atoms with Crippen LogP contribution < -0.4 is 0 Å². The zero-order valence-corrected chi connectivity index (χ0v) is 11.4. The Morgan fingerprint density at radius 3 is 2.39 bits per heavy atom. The largest absolute Gasteiger partial charge is 0.338 e. The van der Waals surface area contributed by atoms with Crippen LogP contribution in [0.25, 0.3) is 0 Å². The Morgan fingerprint density at radius 2 is 1.89 bits per heavy atom. The topological polar surface area (TPSA) is 73.1 Å². The summed E-state index contributed by atoms with van der Waals surface area (Å²) in [4.78, 5) is 4.11. The van der Waals surface area contributed by atoms with Crippen molar-refractivity contribution in [3.05, 3.63) is 41.0 Å². The van der Waals surface area contributed by atoms with Gasteiger partial charge < -0.3 is 4.52 Å². The molecule has 1 heterocycles. The second-order valence-electron chi connectivity index (χ2n) is 3.82. The molecule has 2 rings (SSSR count). The van der Waals surface area contributed by atoms with Gasteiger partial charge >= 0.3 is 0 Å². The molecule has 0 aliphatic rings. The van der Waals surface area contributed by atoms with Crippen molar-refractivity contribution in [3.8, 4) is 0 Å². The third-order valence-electron chi connectivity index (χ3n) is 2.50. The molecule has 96 valence electrons. The Bertz CT molecular complexity index is 649. The molecule has 5 nitrogen and oxygen atoms in total. The van der Waals surface area contributed by atoms with Gasteiger partial charge in [-0.15, -0.1) is 0 Å². The number of hydrogen-bond donors (Lipinski definition) is 0. The zero-order chi connectivity index (χ0) is 13.3. The Hall–Kier alpha value is -1.40. The maximum atomic E-state index is 12.3. The lowest BCUT2D eigenvalue weighted by molar-refractivity contribution is 0.373. The first-order valence-corrected chi connectivity index (χ1v) is 7.13. The summed E-state index contributed by atoms with van der Waals surface area (Å²) < 4.78 is 29.5. The molecule has 1 aromatic carbocycles. The fraction of sp³-hybridized carbons (Fsp3) is 0.273. The third kappa shape index (κ3) is 2.39. The van der Waals surface area contributed by atoms with Gasteiger partial charge in [-0.05, 0) is 38.1 Å². The van der Waals surface area contributed by atoms with Crippen molar-refractivity contribution in [2.75, 3.05) is 0 Å². The quantitative estimate of drug-likeness (QED) is 0.867. The van der Waals surface area contributed by atoms with Crippen LogP contribution in [0.5, 0.6) is 0 Å². The van der Waals surface area contributed by atoms with E-state index in [4.69, 9.17) is 16.1 Å². The van der Waals surface area contributed by atoms with Crippen molar-refractivity contribution in [1.29, 1.82) is 0 Å². The summed E-state index contributed by atoms with van der Waals surface area (Å²) in [6, 6.07) is 5.97. The molecule has 0 amide bonds. The second kappa shape index (κ2) is 4.70. The van der Waals surface area contributed by atoms with Crippen LogP contribution in [0.2, 0.25) is 5.02 Å². The molecule has 1 unspecified atom stereocenters. The minimum atomic E-state index is -3.55. The number of aryl methyl sites for hydroxylation is 1. The van der Waals surface area contributed by atoms with E-state index in [0.717, 1.165) is 0 Å². The van der Waals surface area contributed by atoms with Crippen molar-refractivity contribution in [2.45, 2.75) is 24.0 Å². The third-order valence-corrected chi connectivity index (χ3v) is 4.81. The normalized spacial score (nSPS) is 13.5. The van der Waals surface area contributed by atoms with Gasteiger partial charge in [0, 0.05) is 5.02 Å². The molecule has 0 saturated heterocycles. The Labute approximate surface area is 110 Å². The van der Waals surface area contributed by atoms with Gasteiger partial charge in [0.05, 0.1) is 4.90 Å². The van der Waals surface area contributed by atoms with E-state index in [0.29, 0.717) is 10.8 Å². The molecule has 0 spiro atoms. The lowest BCUT2D eigenvalue weighted by Crippen LogP contribution is -2.11. The number of sulfone groups is 1. The highest BCUT2D eigenvalue weighted by molar-refractivity contribution is 7.91. The molecule has 1 aromatic heterocycles. The molecule has 7 heteroatoms. The second-order valence-corrected chi connectivity index (χ2v) is 6.53. The van der Waals surface area contributed by atoms with E-state index in [-0.39, 0.29) is 10.8 Å². The maximum absolute atomic E-state index is 12.3. The fourth-order valence-electron chi connectivity index (χ4n) is 1.44. The smallest absolute Gasteiger partial charge is 0.245 e. The van der Waals surface area contributed by atoms with Gasteiger partial charge in [0.15, 0.2) is 15.7 Å². The molecule has 0 aliphatic heterocycles. The standard InChI is InChI=1S/C11H11ClN2O3S/c1-7(11-13-8(2)14-17-11)18(15,16)10-5-3-9(12)4-6-10/h3-7H,1-2H3. The molecule has 18 heavy (non-hydrogen) atoms. The minimum Gasteiger partial charge on any atom is -0.338 e. The highest BCUT2D eigenvalue weighted by Gasteiger charge is 2.29. The van der Waals surface area contributed by atoms with Crippen molar-refractivity contribution < 1.29 is 12.9 Å². The summed E-state index contributed by atoms with van der Waals surface area (Å²) in [5.41, 5.74) is 0. The highest BCUT2D eigenvalue weighted by Crippen LogP contribution is 2.27. The monoisotopic (exact) mass is 286 g/mol. The SMILES string of the molecule is Cc1noc(C(C)S(=O)(=O)c2ccc(Cl)cc2)n1. The van der Waals surface area contributed by atoms with Crippen LogP contribution >= 0.6 is 11.6 Å². The first-order chi connectivity index (χ1) is 8.41.